The summed E-state index contributed by atoms with van der Waals surface area (Å²) in [4.78, 5) is 28.3. The van der Waals surface area contributed by atoms with Gasteiger partial charge in [0.25, 0.3) is 11.8 Å². The summed E-state index contributed by atoms with van der Waals surface area (Å²) in [5.74, 6) is -0.744. The fraction of sp³-hybridized carbons (Fsp3) is 0.161. The van der Waals surface area contributed by atoms with Gasteiger partial charge in [-0.25, -0.2) is 0 Å². The van der Waals surface area contributed by atoms with Gasteiger partial charge >= 0.3 is 0 Å². The molecule has 5 aromatic rings. The van der Waals surface area contributed by atoms with Crippen molar-refractivity contribution in [3.05, 3.63) is 113 Å². The average molecular weight is 543 g/mol. The van der Waals surface area contributed by atoms with E-state index < -0.39 is 5.91 Å². The van der Waals surface area contributed by atoms with Gasteiger partial charge in [-0.3, -0.25) is 19.0 Å². The van der Waals surface area contributed by atoms with E-state index >= 15 is 0 Å². The van der Waals surface area contributed by atoms with Crippen LogP contribution >= 0.6 is 0 Å². The lowest BCUT2D eigenvalue weighted by molar-refractivity contribution is 0.0947. The predicted octanol–water partition coefficient (Wildman–Crippen LogP) is 4.54. The molecule has 2 aromatic heterocycles. The number of anilines is 2. The van der Waals surface area contributed by atoms with Gasteiger partial charge in [-0.15, -0.1) is 5.10 Å². The molecule has 2 amide bonds. The Bertz CT molecular complexity index is 1800. The second-order valence-corrected chi connectivity index (χ2v) is 9.69. The second-order valence-electron chi connectivity index (χ2n) is 9.69. The molecule has 1 N–H and O–H groups in total. The summed E-state index contributed by atoms with van der Waals surface area (Å²) in [6, 6.07) is 24.7. The Morgan fingerprint density at radius 1 is 1.05 bits per heavy atom. The number of aromatic nitrogens is 5. The smallest absolute Gasteiger partial charge is 0.277 e. The topological polar surface area (TPSA) is 122 Å². The number of hydrogen-bond acceptors (Lipinski definition) is 6. The Morgan fingerprint density at radius 2 is 1.88 bits per heavy atom. The van der Waals surface area contributed by atoms with Crippen LogP contribution in [0.1, 0.15) is 44.5 Å². The van der Waals surface area contributed by atoms with Gasteiger partial charge in [-0.05, 0) is 54.8 Å². The van der Waals surface area contributed by atoms with Crippen LogP contribution in [0.25, 0.3) is 11.3 Å². The van der Waals surface area contributed by atoms with Gasteiger partial charge in [-0.2, -0.15) is 10.4 Å². The van der Waals surface area contributed by atoms with Crippen molar-refractivity contribution in [3.8, 4) is 17.3 Å². The van der Waals surface area contributed by atoms with Gasteiger partial charge in [0.2, 0.25) is 0 Å². The Labute approximate surface area is 236 Å². The number of hydrogen-bond donors (Lipinski definition) is 1. The standard InChI is InChI=1S/C31H26N8O2/c1-2-37-20-28(35-36-37)26-9-4-3-7-23(26)16-21-10-12-25(13-11-21)38-14-15-39-29(31(38)41)27(19-33-39)30(40)34-24-8-5-6-22(17-24)18-32/h3-13,17,19-20H,2,14-16H2,1H3,(H,34,40). The Kier molecular flexibility index (Phi) is 6.83. The molecule has 0 unspecified atom stereocenters. The van der Waals surface area contributed by atoms with Crippen molar-refractivity contribution >= 4 is 23.2 Å². The Balaban J connectivity index is 1.20. The number of fused-ring (bicyclic) bond motifs is 1. The molecule has 0 aliphatic carbocycles. The highest BCUT2D eigenvalue weighted by Crippen LogP contribution is 2.27. The molecular weight excluding hydrogens is 516 g/mol. The first-order valence-electron chi connectivity index (χ1n) is 13.3. The molecular formula is C31H26N8O2. The van der Waals surface area contributed by atoms with E-state index in [9.17, 15) is 9.59 Å². The minimum atomic E-state index is -0.454. The predicted molar refractivity (Wildman–Crippen MR) is 153 cm³/mol. The van der Waals surface area contributed by atoms with Crippen LogP contribution < -0.4 is 10.2 Å². The lowest BCUT2D eigenvalue weighted by Crippen LogP contribution is -2.41. The number of carbonyl (C=O) groups excluding carboxylic acids is 2. The lowest BCUT2D eigenvalue weighted by Gasteiger charge is -2.28. The fourth-order valence-corrected chi connectivity index (χ4v) is 5.00. The van der Waals surface area contributed by atoms with Crippen LogP contribution in [-0.4, -0.2) is 43.1 Å². The van der Waals surface area contributed by atoms with E-state index in [4.69, 9.17) is 5.26 Å². The van der Waals surface area contributed by atoms with Crippen molar-refractivity contribution in [1.82, 2.24) is 24.8 Å². The van der Waals surface area contributed by atoms with Crippen LogP contribution in [0.15, 0.2) is 85.2 Å². The highest BCUT2D eigenvalue weighted by atomic mass is 16.2. The molecule has 0 fully saturated rings. The molecule has 10 heteroatoms. The quantitative estimate of drug-likeness (QED) is 0.322. The molecule has 0 atom stereocenters. The summed E-state index contributed by atoms with van der Waals surface area (Å²) in [5, 5.41) is 24.7. The molecule has 0 saturated heterocycles. The maximum Gasteiger partial charge on any atom is 0.277 e. The number of carbonyl (C=O) groups is 2. The van der Waals surface area contributed by atoms with E-state index in [-0.39, 0.29) is 17.2 Å². The van der Waals surface area contributed by atoms with Gasteiger partial charge in [0.05, 0.1) is 36.1 Å². The molecule has 3 aromatic carbocycles. The van der Waals surface area contributed by atoms with Gasteiger partial charge in [0, 0.05) is 30.0 Å². The van der Waals surface area contributed by atoms with Crippen LogP contribution in [0.2, 0.25) is 0 Å². The molecule has 202 valence electrons. The van der Waals surface area contributed by atoms with Crippen molar-refractivity contribution in [1.29, 1.82) is 5.26 Å². The fourth-order valence-electron chi connectivity index (χ4n) is 5.00. The Hall–Kier alpha value is -5.56. The first-order valence-corrected chi connectivity index (χ1v) is 13.3. The third kappa shape index (κ3) is 5.08. The van der Waals surface area contributed by atoms with Crippen molar-refractivity contribution in [3.63, 3.8) is 0 Å². The number of nitrogens with zero attached hydrogens (tertiary/aromatic N) is 7. The van der Waals surface area contributed by atoms with E-state index in [1.54, 1.807) is 33.8 Å². The summed E-state index contributed by atoms with van der Waals surface area (Å²) in [6.07, 6.45) is 4.07. The summed E-state index contributed by atoms with van der Waals surface area (Å²) in [7, 11) is 0. The largest absolute Gasteiger partial charge is 0.322 e. The van der Waals surface area contributed by atoms with E-state index in [0.717, 1.165) is 34.6 Å². The maximum absolute atomic E-state index is 13.6. The van der Waals surface area contributed by atoms with Crippen molar-refractivity contribution in [2.75, 3.05) is 16.8 Å². The molecule has 1 aliphatic heterocycles. The summed E-state index contributed by atoms with van der Waals surface area (Å²) in [6.45, 7) is 3.69. The summed E-state index contributed by atoms with van der Waals surface area (Å²) >= 11 is 0. The summed E-state index contributed by atoms with van der Waals surface area (Å²) in [5.41, 5.74) is 6.19. The molecule has 0 saturated carbocycles. The third-order valence-electron chi connectivity index (χ3n) is 7.12. The molecule has 1 aliphatic rings. The highest BCUT2D eigenvalue weighted by molar-refractivity contribution is 6.15. The average Bonchev–Trinajstić information content (AvgIpc) is 3.66. The first-order chi connectivity index (χ1) is 20.0. The zero-order valence-corrected chi connectivity index (χ0v) is 22.4. The SMILES string of the molecule is CCn1cc(-c2ccccc2Cc2ccc(N3CCn4ncc(C(=O)Nc5cccc(C#N)c5)c4C3=O)cc2)nn1. The third-order valence-corrected chi connectivity index (χ3v) is 7.12. The Morgan fingerprint density at radius 3 is 2.66 bits per heavy atom. The first kappa shape index (κ1) is 25.7. The number of rotatable bonds is 7. The van der Waals surface area contributed by atoms with E-state index in [1.165, 1.54) is 6.20 Å². The maximum atomic E-state index is 13.6. The zero-order chi connectivity index (χ0) is 28.3. The molecule has 0 bridgehead atoms. The molecule has 41 heavy (non-hydrogen) atoms. The van der Waals surface area contributed by atoms with Crippen LogP contribution in [0.4, 0.5) is 11.4 Å². The minimum absolute atomic E-state index is 0.190. The number of benzene rings is 3. The van der Waals surface area contributed by atoms with Crippen LogP contribution in [0, 0.1) is 11.3 Å². The van der Waals surface area contributed by atoms with E-state index in [1.807, 2.05) is 54.2 Å². The van der Waals surface area contributed by atoms with Crippen LogP contribution in [0.3, 0.4) is 0 Å². The monoisotopic (exact) mass is 542 g/mol. The van der Waals surface area contributed by atoms with Crippen molar-refractivity contribution < 1.29 is 9.59 Å². The van der Waals surface area contributed by atoms with Crippen molar-refractivity contribution in [2.24, 2.45) is 0 Å². The van der Waals surface area contributed by atoms with Gasteiger partial charge in [-0.1, -0.05) is 47.7 Å². The molecule has 0 spiro atoms. The van der Waals surface area contributed by atoms with E-state index in [2.05, 4.69) is 38.9 Å². The van der Waals surface area contributed by atoms with E-state index in [0.29, 0.717) is 30.8 Å². The molecule has 3 heterocycles. The summed E-state index contributed by atoms with van der Waals surface area (Å²) < 4.78 is 3.38. The van der Waals surface area contributed by atoms with Crippen LogP contribution in [-0.2, 0) is 19.5 Å². The van der Waals surface area contributed by atoms with Gasteiger partial charge in [0.1, 0.15) is 11.4 Å². The normalized spacial score (nSPS) is 12.6. The zero-order valence-electron chi connectivity index (χ0n) is 22.4. The van der Waals surface area contributed by atoms with Gasteiger partial charge < -0.3 is 10.2 Å². The lowest BCUT2D eigenvalue weighted by atomic mass is 9.98. The second kappa shape index (κ2) is 10.9. The highest BCUT2D eigenvalue weighted by Gasteiger charge is 2.32. The number of amides is 2. The number of nitriles is 1. The van der Waals surface area contributed by atoms with Gasteiger partial charge in [0.15, 0.2) is 0 Å². The number of aryl methyl sites for hydroxylation is 1. The molecule has 0 radical (unpaired) electrons. The van der Waals surface area contributed by atoms with Crippen molar-refractivity contribution in [2.45, 2.75) is 26.4 Å². The molecule has 6 rings (SSSR count). The minimum Gasteiger partial charge on any atom is -0.322 e. The number of nitrogens with one attached hydrogen (secondary N) is 1. The molecule has 10 nitrogen and oxygen atoms in total. The van der Waals surface area contributed by atoms with Crippen LogP contribution in [0.5, 0.6) is 0 Å².